The maximum Gasteiger partial charge on any atom is 0.407 e. The molecule has 34 heavy (non-hydrogen) atoms. The summed E-state index contributed by atoms with van der Waals surface area (Å²) in [6.45, 7) is -2.34. The Bertz CT molecular complexity index is 1300. The molecule has 2 N–H and O–H groups in total. The molecule has 1 saturated heterocycles. The molecule has 1 fully saturated rings. The van der Waals surface area contributed by atoms with E-state index in [2.05, 4.69) is 15.2 Å². The third kappa shape index (κ3) is 4.04. The van der Waals surface area contributed by atoms with Gasteiger partial charge in [-0.2, -0.15) is 13.9 Å². The normalized spacial score (nSPS) is 17.4. The lowest BCUT2D eigenvalue weighted by Crippen LogP contribution is -2.37. The van der Waals surface area contributed by atoms with Crippen LogP contribution in [0.1, 0.15) is 34.5 Å². The summed E-state index contributed by atoms with van der Waals surface area (Å²) in [4.78, 5) is 29.7. The maximum atomic E-state index is 13.1. The lowest BCUT2D eigenvalue weighted by atomic mass is 9.88. The van der Waals surface area contributed by atoms with E-state index < -0.39 is 12.7 Å². The van der Waals surface area contributed by atoms with Crippen molar-refractivity contribution in [1.82, 2.24) is 20.1 Å². The van der Waals surface area contributed by atoms with Crippen molar-refractivity contribution >= 4 is 29.0 Å². The molecule has 0 atom stereocenters. The van der Waals surface area contributed by atoms with Crippen LogP contribution in [0.4, 0.5) is 13.6 Å². The Labute approximate surface area is 192 Å². The van der Waals surface area contributed by atoms with E-state index in [4.69, 9.17) is 14.6 Å². The zero-order valence-electron chi connectivity index (χ0n) is 17.8. The fourth-order valence-electron chi connectivity index (χ4n) is 4.41. The minimum absolute atomic E-state index is 0.0170. The molecule has 4 heterocycles. The number of nitrogens with one attached hydrogen (secondary N) is 1. The molecule has 0 radical (unpaired) electrons. The maximum absolute atomic E-state index is 13.1. The first-order chi connectivity index (χ1) is 16.4. The number of hydrogen-bond acceptors (Lipinski definition) is 6. The number of benzene rings is 1. The third-order valence-corrected chi connectivity index (χ3v) is 6.13. The van der Waals surface area contributed by atoms with Gasteiger partial charge in [-0.3, -0.25) is 9.89 Å². The second-order valence-electron chi connectivity index (χ2n) is 8.16. The highest BCUT2D eigenvalue weighted by molar-refractivity contribution is 6.15. The first kappa shape index (κ1) is 21.8. The van der Waals surface area contributed by atoms with Gasteiger partial charge < -0.3 is 19.5 Å². The predicted molar refractivity (Wildman–Crippen MR) is 116 cm³/mol. The number of H-pyrrole nitrogens is 1. The molecule has 2 aliphatic rings. The summed E-state index contributed by atoms with van der Waals surface area (Å²) in [5, 5.41) is 16.8. The van der Waals surface area contributed by atoms with Gasteiger partial charge in [0.25, 0.3) is 0 Å². The molecule has 3 aromatic rings. The zero-order valence-corrected chi connectivity index (χ0v) is 17.8. The number of ketones is 1. The molecule has 11 heteroatoms. The van der Waals surface area contributed by atoms with Crippen LogP contribution in [-0.2, 0) is 6.42 Å². The monoisotopic (exact) mass is 470 g/mol. The molecule has 1 aromatic carbocycles. The molecule has 2 aliphatic heterocycles. The SMILES string of the molecule is O=C1/C(=C/c2n[nH]c3ncccc23)Oc2c1ccc(OC(F)F)c2CC1CCN(C(=O)O)CC1. The van der Waals surface area contributed by atoms with Gasteiger partial charge in [0.15, 0.2) is 11.4 Å². The van der Waals surface area contributed by atoms with Gasteiger partial charge in [-0.1, -0.05) is 0 Å². The summed E-state index contributed by atoms with van der Waals surface area (Å²) in [6, 6.07) is 6.31. The number of carboxylic acid groups (broad SMARTS) is 1. The van der Waals surface area contributed by atoms with E-state index in [-0.39, 0.29) is 34.5 Å². The van der Waals surface area contributed by atoms with Gasteiger partial charge in [-0.25, -0.2) is 9.78 Å². The van der Waals surface area contributed by atoms with Crippen molar-refractivity contribution in [3.05, 3.63) is 53.0 Å². The van der Waals surface area contributed by atoms with Crippen molar-refractivity contribution in [2.24, 2.45) is 5.92 Å². The fourth-order valence-corrected chi connectivity index (χ4v) is 4.41. The van der Waals surface area contributed by atoms with Crippen molar-refractivity contribution in [1.29, 1.82) is 0 Å². The summed E-state index contributed by atoms with van der Waals surface area (Å²) < 4.78 is 36.8. The second-order valence-corrected chi connectivity index (χ2v) is 8.16. The van der Waals surface area contributed by atoms with E-state index in [9.17, 15) is 18.4 Å². The van der Waals surface area contributed by atoms with E-state index in [0.29, 0.717) is 54.6 Å². The summed E-state index contributed by atoms with van der Waals surface area (Å²) in [5.41, 5.74) is 1.64. The van der Waals surface area contributed by atoms with Gasteiger partial charge in [0, 0.05) is 36.3 Å². The summed E-state index contributed by atoms with van der Waals surface area (Å²) in [5.74, 6) is -0.217. The predicted octanol–water partition coefficient (Wildman–Crippen LogP) is 4.11. The Morgan fingerprint density at radius 2 is 2.12 bits per heavy atom. The number of nitrogens with zero attached hydrogens (tertiary/aromatic N) is 3. The number of pyridine rings is 1. The molecule has 0 unspecified atom stereocenters. The van der Waals surface area contributed by atoms with Crippen LogP contribution in [0.25, 0.3) is 17.1 Å². The van der Waals surface area contributed by atoms with E-state index in [0.717, 1.165) is 0 Å². The van der Waals surface area contributed by atoms with Crippen LogP contribution >= 0.6 is 0 Å². The molecule has 0 saturated carbocycles. The molecule has 1 amide bonds. The number of aromatic nitrogens is 3. The minimum Gasteiger partial charge on any atom is -0.465 e. The first-order valence-electron chi connectivity index (χ1n) is 10.7. The van der Waals surface area contributed by atoms with Crippen molar-refractivity contribution in [3.63, 3.8) is 0 Å². The Balaban J connectivity index is 1.47. The van der Waals surface area contributed by atoms with Gasteiger partial charge in [0.1, 0.15) is 11.5 Å². The van der Waals surface area contributed by atoms with Crippen LogP contribution in [0.3, 0.4) is 0 Å². The molecule has 0 aliphatic carbocycles. The fraction of sp³-hybridized carbons (Fsp3) is 0.304. The average Bonchev–Trinajstić information content (AvgIpc) is 3.37. The zero-order chi connectivity index (χ0) is 23.8. The number of allylic oxidation sites excluding steroid dienone is 1. The molecule has 2 aromatic heterocycles. The Kier molecular flexibility index (Phi) is 5.60. The molecule has 0 spiro atoms. The molecule has 5 rings (SSSR count). The summed E-state index contributed by atoms with van der Waals surface area (Å²) in [6.07, 6.45) is 3.56. The Morgan fingerprint density at radius 3 is 2.85 bits per heavy atom. The number of ether oxygens (including phenoxy) is 2. The van der Waals surface area contributed by atoms with Crippen LogP contribution in [-0.4, -0.2) is 56.8 Å². The van der Waals surface area contributed by atoms with Gasteiger partial charge in [0.2, 0.25) is 5.78 Å². The topological polar surface area (TPSA) is 118 Å². The first-order valence-corrected chi connectivity index (χ1v) is 10.7. The number of amides is 1. The van der Waals surface area contributed by atoms with Gasteiger partial charge >= 0.3 is 12.7 Å². The number of carbonyl (C=O) groups excluding carboxylic acids is 1. The lowest BCUT2D eigenvalue weighted by molar-refractivity contribution is -0.0506. The number of hydrogen-bond donors (Lipinski definition) is 2. The van der Waals surface area contributed by atoms with E-state index in [1.54, 1.807) is 18.3 Å². The van der Waals surface area contributed by atoms with Crippen molar-refractivity contribution in [2.45, 2.75) is 25.9 Å². The number of fused-ring (bicyclic) bond motifs is 2. The Hall–Kier alpha value is -4.02. The number of rotatable bonds is 5. The number of Topliss-reactive ketones (excluding diaryl/α,β-unsaturated/α-hetero) is 1. The van der Waals surface area contributed by atoms with E-state index >= 15 is 0 Å². The standard InChI is InChI=1S/C23H20F2N4O5/c24-22(25)34-17-4-3-14-19(30)18(11-16-13-2-1-7-26-21(13)28-27-16)33-20(14)15(17)10-12-5-8-29(9-6-12)23(31)32/h1-4,7,11-12,22H,5-6,8-10H2,(H,31,32)(H,26,27,28)/b18-11-. The number of halogens is 2. The van der Waals surface area contributed by atoms with Gasteiger partial charge in [-0.05, 0) is 49.4 Å². The number of piperidine rings is 1. The third-order valence-electron chi connectivity index (χ3n) is 6.13. The van der Waals surface area contributed by atoms with Gasteiger partial charge in [0.05, 0.1) is 11.3 Å². The quantitative estimate of drug-likeness (QED) is 0.539. The molecular formula is C23H20F2N4O5. The minimum atomic E-state index is -3.04. The highest BCUT2D eigenvalue weighted by atomic mass is 19.3. The summed E-state index contributed by atoms with van der Waals surface area (Å²) in [7, 11) is 0. The Morgan fingerprint density at radius 1 is 1.32 bits per heavy atom. The molecule has 176 valence electrons. The number of aromatic amines is 1. The highest BCUT2D eigenvalue weighted by Crippen LogP contribution is 2.42. The van der Waals surface area contributed by atoms with Crippen LogP contribution in [0.15, 0.2) is 36.2 Å². The van der Waals surface area contributed by atoms with E-state index in [1.807, 2.05) is 0 Å². The number of carbonyl (C=O) groups is 2. The number of likely N-dealkylation sites (tertiary alicyclic amines) is 1. The number of alkyl halides is 2. The second kappa shape index (κ2) is 8.73. The van der Waals surface area contributed by atoms with Gasteiger partial charge in [-0.15, -0.1) is 0 Å². The molecule has 9 nitrogen and oxygen atoms in total. The van der Waals surface area contributed by atoms with Crippen LogP contribution < -0.4 is 9.47 Å². The van der Waals surface area contributed by atoms with Crippen LogP contribution in [0.2, 0.25) is 0 Å². The largest absolute Gasteiger partial charge is 0.465 e. The highest BCUT2D eigenvalue weighted by Gasteiger charge is 2.34. The molecule has 0 bridgehead atoms. The van der Waals surface area contributed by atoms with E-state index in [1.165, 1.54) is 23.1 Å². The van der Waals surface area contributed by atoms with Crippen molar-refractivity contribution in [3.8, 4) is 11.5 Å². The molecular weight excluding hydrogens is 450 g/mol. The summed E-state index contributed by atoms with van der Waals surface area (Å²) >= 11 is 0. The van der Waals surface area contributed by atoms with Crippen molar-refractivity contribution in [2.75, 3.05) is 13.1 Å². The van der Waals surface area contributed by atoms with Crippen molar-refractivity contribution < 1.29 is 33.0 Å². The average molecular weight is 470 g/mol. The smallest absolute Gasteiger partial charge is 0.407 e. The van der Waals surface area contributed by atoms with Crippen LogP contribution in [0, 0.1) is 5.92 Å². The van der Waals surface area contributed by atoms with Crippen LogP contribution in [0.5, 0.6) is 11.5 Å². The lowest BCUT2D eigenvalue weighted by Gasteiger charge is -2.30.